The van der Waals surface area contributed by atoms with Crippen LogP contribution in [0.5, 0.6) is 0 Å². The maximum atomic E-state index is 11.6. The highest BCUT2D eigenvalue weighted by Gasteiger charge is 2.23. The van der Waals surface area contributed by atoms with Crippen LogP contribution in [-0.4, -0.2) is 22.4 Å². The highest BCUT2D eigenvalue weighted by molar-refractivity contribution is 5.73. The highest BCUT2D eigenvalue weighted by atomic mass is 16.5. The second-order valence-electron chi connectivity index (χ2n) is 5.01. The minimum absolute atomic E-state index is 0.158. The molecule has 0 bridgehead atoms. The average molecular weight is 250 g/mol. The first-order chi connectivity index (χ1) is 8.63. The zero-order valence-corrected chi connectivity index (χ0v) is 11.5. The second-order valence-corrected chi connectivity index (χ2v) is 5.01. The smallest absolute Gasteiger partial charge is 0.310 e. The normalized spacial score (nSPS) is 16.2. The van der Waals surface area contributed by atoms with Gasteiger partial charge >= 0.3 is 5.97 Å². The Morgan fingerprint density at radius 3 is 2.67 bits per heavy atom. The van der Waals surface area contributed by atoms with Gasteiger partial charge in [0.1, 0.15) is 0 Å². The van der Waals surface area contributed by atoms with Crippen molar-refractivity contribution in [1.29, 1.82) is 0 Å². The van der Waals surface area contributed by atoms with Crippen LogP contribution in [0.15, 0.2) is 0 Å². The van der Waals surface area contributed by atoms with Crippen LogP contribution < -0.4 is 0 Å². The molecule has 4 heteroatoms. The van der Waals surface area contributed by atoms with Gasteiger partial charge in [-0.3, -0.25) is 9.48 Å². The Morgan fingerprint density at radius 2 is 2.06 bits per heavy atom. The zero-order valence-electron chi connectivity index (χ0n) is 11.5. The fourth-order valence-corrected chi connectivity index (χ4v) is 2.81. The van der Waals surface area contributed by atoms with E-state index < -0.39 is 0 Å². The van der Waals surface area contributed by atoms with Gasteiger partial charge in [-0.15, -0.1) is 0 Å². The number of aryl methyl sites for hydroxylation is 1. The number of ether oxygens (including phenoxy) is 1. The molecule has 0 unspecified atom stereocenters. The summed E-state index contributed by atoms with van der Waals surface area (Å²) in [6.45, 7) is 6.31. The van der Waals surface area contributed by atoms with E-state index in [1.807, 2.05) is 13.8 Å². The molecular weight excluding hydrogens is 228 g/mol. The molecular formula is C14H22N2O2. The SMILES string of the molecule is CCOC(=O)Cc1c(C)nn(C2CCCC2)c1C. The van der Waals surface area contributed by atoms with Gasteiger partial charge < -0.3 is 4.74 Å². The molecule has 0 saturated heterocycles. The lowest BCUT2D eigenvalue weighted by Crippen LogP contribution is -2.11. The Hall–Kier alpha value is -1.32. The summed E-state index contributed by atoms with van der Waals surface area (Å²) < 4.78 is 7.14. The molecule has 0 aromatic carbocycles. The van der Waals surface area contributed by atoms with Crippen molar-refractivity contribution in [2.45, 2.75) is 58.9 Å². The maximum absolute atomic E-state index is 11.6. The van der Waals surface area contributed by atoms with Crippen LogP contribution in [0.1, 0.15) is 55.6 Å². The van der Waals surface area contributed by atoms with Crippen LogP contribution >= 0.6 is 0 Å². The van der Waals surface area contributed by atoms with Crippen molar-refractivity contribution < 1.29 is 9.53 Å². The fraction of sp³-hybridized carbons (Fsp3) is 0.714. The zero-order chi connectivity index (χ0) is 13.1. The summed E-state index contributed by atoms with van der Waals surface area (Å²) in [5.74, 6) is -0.158. The fourth-order valence-electron chi connectivity index (χ4n) is 2.81. The van der Waals surface area contributed by atoms with E-state index >= 15 is 0 Å². The van der Waals surface area contributed by atoms with Crippen molar-refractivity contribution in [2.75, 3.05) is 6.61 Å². The Labute approximate surface area is 108 Å². The minimum atomic E-state index is -0.158. The van der Waals surface area contributed by atoms with E-state index in [2.05, 4.69) is 16.7 Å². The quantitative estimate of drug-likeness (QED) is 0.772. The van der Waals surface area contributed by atoms with Gasteiger partial charge in [-0.25, -0.2) is 0 Å². The summed E-state index contributed by atoms with van der Waals surface area (Å²) in [5, 5.41) is 4.61. The summed E-state index contributed by atoms with van der Waals surface area (Å²) in [4.78, 5) is 11.6. The van der Waals surface area contributed by atoms with Gasteiger partial charge in [0, 0.05) is 11.3 Å². The minimum Gasteiger partial charge on any atom is -0.466 e. The van der Waals surface area contributed by atoms with Crippen LogP contribution in [0, 0.1) is 13.8 Å². The van der Waals surface area contributed by atoms with Gasteiger partial charge in [-0.05, 0) is 33.6 Å². The summed E-state index contributed by atoms with van der Waals surface area (Å²) in [5.41, 5.74) is 3.14. The molecule has 2 rings (SSSR count). The number of esters is 1. The second kappa shape index (κ2) is 5.55. The molecule has 0 aliphatic heterocycles. The Kier molecular flexibility index (Phi) is 4.04. The maximum Gasteiger partial charge on any atom is 0.310 e. The van der Waals surface area contributed by atoms with Crippen molar-refractivity contribution in [3.63, 3.8) is 0 Å². The number of nitrogens with zero attached hydrogens (tertiary/aromatic N) is 2. The first kappa shape index (κ1) is 13.1. The van der Waals surface area contributed by atoms with Crippen molar-refractivity contribution >= 4 is 5.97 Å². The van der Waals surface area contributed by atoms with E-state index in [0.29, 0.717) is 19.1 Å². The number of rotatable bonds is 4. The lowest BCUT2D eigenvalue weighted by molar-refractivity contribution is -0.142. The molecule has 1 aliphatic rings. The van der Waals surface area contributed by atoms with Gasteiger partial charge in [0.2, 0.25) is 0 Å². The molecule has 1 aromatic heterocycles. The Morgan fingerprint density at radius 1 is 1.39 bits per heavy atom. The molecule has 4 nitrogen and oxygen atoms in total. The summed E-state index contributed by atoms with van der Waals surface area (Å²) in [7, 11) is 0. The first-order valence-corrected chi connectivity index (χ1v) is 6.83. The molecule has 1 aliphatic carbocycles. The molecule has 1 fully saturated rings. The predicted molar refractivity (Wildman–Crippen MR) is 69.5 cm³/mol. The molecule has 1 aromatic rings. The van der Waals surface area contributed by atoms with Crippen molar-refractivity contribution in [2.24, 2.45) is 0 Å². The van der Waals surface area contributed by atoms with Crippen LogP contribution in [0.4, 0.5) is 0 Å². The lowest BCUT2D eigenvalue weighted by Gasteiger charge is -2.12. The third kappa shape index (κ3) is 2.57. The largest absolute Gasteiger partial charge is 0.466 e. The van der Waals surface area contributed by atoms with Crippen LogP contribution in [0.2, 0.25) is 0 Å². The summed E-state index contributed by atoms with van der Waals surface area (Å²) >= 11 is 0. The van der Waals surface area contributed by atoms with E-state index in [1.165, 1.54) is 25.7 Å². The summed E-state index contributed by atoms with van der Waals surface area (Å²) in [6, 6.07) is 0.527. The van der Waals surface area contributed by atoms with Gasteiger partial charge in [-0.1, -0.05) is 12.8 Å². The van der Waals surface area contributed by atoms with Crippen molar-refractivity contribution in [1.82, 2.24) is 9.78 Å². The third-order valence-electron chi connectivity index (χ3n) is 3.77. The molecule has 0 spiro atoms. The number of carbonyl (C=O) groups is 1. The average Bonchev–Trinajstić information content (AvgIpc) is 2.93. The first-order valence-electron chi connectivity index (χ1n) is 6.83. The van der Waals surface area contributed by atoms with Crippen LogP contribution in [0.3, 0.4) is 0 Å². The number of aromatic nitrogens is 2. The van der Waals surface area contributed by atoms with E-state index in [4.69, 9.17) is 4.74 Å². The van der Waals surface area contributed by atoms with Gasteiger partial charge in [0.05, 0.1) is 24.8 Å². The van der Waals surface area contributed by atoms with E-state index in [-0.39, 0.29) is 5.97 Å². The molecule has 1 heterocycles. The molecule has 0 radical (unpaired) electrons. The van der Waals surface area contributed by atoms with E-state index in [9.17, 15) is 4.79 Å². The van der Waals surface area contributed by atoms with E-state index in [1.54, 1.807) is 0 Å². The predicted octanol–water partition coefficient (Wildman–Crippen LogP) is 2.72. The van der Waals surface area contributed by atoms with Gasteiger partial charge in [-0.2, -0.15) is 5.10 Å². The topological polar surface area (TPSA) is 44.1 Å². The van der Waals surface area contributed by atoms with Crippen LogP contribution in [0.25, 0.3) is 0 Å². The lowest BCUT2D eigenvalue weighted by atomic mass is 10.1. The number of hydrogen-bond acceptors (Lipinski definition) is 3. The number of hydrogen-bond donors (Lipinski definition) is 0. The Balaban J connectivity index is 2.18. The van der Waals surface area contributed by atoms with Crippen molar-refractivity contribution in [3.8, 4) is 0 Å². The summed E-state index contributed by atoms with van der Waals surface area (Å²) in [6.07, 6.45) is 5.34. The van der Waals surface area contributed by atoms with Crippen molar-refractivity contribution in [3.05, 3.63) is 17.0 Å². The molecule has 100 valence electrons. The molecule has 18 heavy (non-hydrogen) atoms. The standard InChI is InChI=1S/C14H22N2O2/c1-4-18-14(17)9-13-10(2)15-16(11(13)3)12-7-5-6-8-12/h12H,4-9H2,1-3H3. The molecule has 1 saturated carbocycles. The monoisotopic (exact) mass is 250 g/mol. The van der Waals surface area contributed by atoms with Gasteiger partial charge in [0.25, 0.3) is 0 Å². The van der Waals surface area contributed by atoms with E-state index in [0.717, 1.165) is 17.0 Å². The molecule has 0 N–H and O–H groups in total. The molecule has 0 atom stereocenters. The molecule has 0 amide bonds. The van der Waals surface area contributed by atoms with Crippen LogP contribution in [-0.2, 0) is 16.0 Å². The number of carbonyl (C=O) groups excluding carboxylic acids is 1. The van der Waals surface area contributed by atoms with Gasteiger partial charge in [0.15, 0.2) is 0 Å². The Bertz CT molecular complexity index is 431. The third-order valence-corrected chi connectivity index (χ3v) is 3.77. The highest BCUT2D eigenvalue weighted by Crippen LogP contribution is 2.31.